The van der Waals surface area contributed by atoms with Crippen molar-refractivity contribution in [1.82, 2.24) is 15.8 Å². The summed E-state index contributed by atoms with van der Waals surface area (Å²) in [6, 6.07) is 6.16. The van der Waals surface area contributed by atoms with Crippen LogP contribution < -0.4 is 15.4 Å². The molecule has 0 saturated heterocycles. The summed E-state index contributed by atoms with van der Waals surface area (Å²) < 4.78 is 10.8. The number of aryl methyl sites for hydroxylation is 2. The minimum Gasteiger partial charge on any atom is -0.489 e. The lowest BCUT2D eigenvalue weighted by atomic mass is 10.2. The van der Waals surface area contributed by atoms with Crippen LogP contribution in [0.25, 0.3) is 0 Å². The second-order valence-electron chi connectivity index (χ2n) is 6.10. The molecule has 0 saturated carbocycles. The zero-order valence-electron chi connectivity index (χ0n) is 15.6. The fraction of sp³-hybridized carbons (Fsp3) is 0.421. The number of carbonyl (C=O) groups excluding carboxylic acids is 2. The summed E-state index contributed by atoms with van der Waals surface area (Å²) >= 11 is 0. The third kappa shape index (κ3) is 5.08. The molecule has 7 heteroatoms. The van der Waals surface area contributed by atoms with Crippen molar-refractivity contribution in [2.75, 3.05) is 6.54 Å². The zero-order chi connectivity index (χ0) is 19.1. The number of nitrogens with one attached hydrogen (secondary N) is 2. The fourth-order valence-electron chi connectivity index (χ4n) is 2.31. The number of hydrogen-bond acceptors (Lipinski definition) is 5. The van der Waals surface area contributed by atoms with Crippen molar-refractivity contribution in [1.29, 1.82) is 0 Å². The highest BCUT2D eigenvalue weighted by Gasteiger charge is 2.16. The maximum atomic E-state index is 12.2. The van der Waals surface area contributed by atoms with Crippen molar-refractivity contribution in [3.8, 4) is 5.75 Å². The molecule has 2 rings (SSSR count). The van der Waals surface area contributed by atoms with Crippen LogP contribution in [0.2, 0.25) is 0 Å². The Morgan fingerprint density at radius 3 is 2.50 bits per heavy atom. The summed E-state index contributed by atoms with van der Waals surface area (Å²) in [6.07, 6.45) is 0.849. The van der Waals surface area contributed by atoms with Crippen molar-refractivity contribution in [2.45, 2.75) is 46.8 Å². The Labute approximate surface area is 153 Å². The Kier molecular flexibility index (Phi) is 6.77. The van der Waals surface area contributed by atoms with Gasteiger partial charge in [0.15, 0.2) is 0 Å². The largest absolute Gasteiger partial charge is 0.489 e. The molecule has 1 atom stereocenters. The highest BCUT2D eigenvalue weighted by molar-refractivity contribution is 5.97. The number of rotatable bonds is 8. The lowest BCUT2D eigenvalue weighted by Crippen LogP contribution is -2.44. The Morgan fingerprint density at radius 2 is 1.92 bits per heavy atom. The number of amides is 2. The Morgan fingerprint density at radius 1 is 1.23 bits per heavy atom. The van der Waals surface area contributed by atoms with Gasteiger partial charge in [0.1, 0.15) is 24.2 Å². The summed E-state index contributed by atoms with van der Waals surface area (Å²) in [5, 5.41) is 9.32. The van der Waals surface area contributed by atoms with Gasteiger partial charge in [0.25, 0.3) is 5.91 Å². The molecule has 1 aromatic carbocycles. The molecular formula is C19H25N3O4. The Balaban J connectivity index is 1.90. The lowest BCUT2D eigenvalue weighted by molar-refractivity contribution is -0.122. The van der Waals surface area contributed by atoms with Gasteiger partial charge < -0.3 is 19.9 Å². The number of hydrogen-bond donors (Lipinski definition) is 2. The van der Waals surface area contributed by atoms with Gasteiger partial charge in [-0.2, -0.15) is 0 Å². The van der Waals surface area contributed by atoms with Gasteiger partial charge in [-0.15, -0.1) is 0 Å². The molecule has 2 aromatic rings. The average molecular weight is 359 g/mol. The SMILES string of the molecule is CCCNC(=O)[C@H](C)NC(=O)c1ccc(OCc2c(C)noc2C)cc1. The van der Waals surface area contributed by atoms with E-state index in [9.17, 15) is 9.59 Å². The van der Waals surface area contributed by atoms with Crippen LogP contribution in [0.1, 0.15) is 47.6 Å². The van der Waals surface area contributed by atoms with E-state index in [0.717, 1.165) is 23.4 Å². The van der Waals surface area contributed by atoms with Gasteiger partial charge in [-0.1, -0.05) is 12.1 Å². The van der Waals surface area contributed by atoms with Crippen LogP contribution in [0.5, 0.6) is 5.75 Å². The van der Waals surface area contributed by atoms with Gasteiger partial charge in [0.05, 0.1) is 11.3 Å². The van der Waals surface area contributed by atoms with E-state index in [1.165, 1.54) is 0 Å². The first-order valence-electron chi connectivity index (χ1n) is 8.65. The van der Waals surface area contributed by atoms with Crippen molar-refractivity contribution in [3.63, 3.8) is 0 Å². The molecule has 0 aliphatic heterocycles. The number of carbonyl (C=O) groups is 2. The molecule has 0 aliphatic carbocycles. The average Bonchev–Trinajstić information content (AvgIpc) is 2.96. The van der Waals surface area contributed by atoms with Crippen LogP contribution in [0, 0.1) is 13.8 Å². The van der Waals surface area contributed by atoms with Gasteiger partial charge in [0, 0.05) is 12.1 Å². The maximum absolute atomic E-state index is 12.2. The quantitative estimate of drug-likeness (QED) is 0.755. The van der Waals surface area contributed by atoms with Crippen molar-refractivity contribution >= 4 is 11.8 Å². The Bertz CT molecular complexity index is 733. The highest BCUT2D eigenvalue weighted by atomic mass is 16.5. The van der Waals surface area contributed by atoms with Gasteiger partial charge in [0.2, 0.25) is 5.91 Å². The minimum atomic E-state index is -0.593. The first-order chi connectivity index (χ1) is 12.4. The fourth-order valence-corrected chi connectivity index (χ4v) is 2.31. The molecule has 0 unspecified atom stereocenters. The summed E-state index contributed by atoms with van der Waals surface area (Å²) in [5.74, 6) is 0.866. The molecule has 0 fully saturated rings. The first kappa shape index (κ1) is 19.5. The van der Waals surface area contributed by atoms with Gasteiger partial charge >= 0.3 is 0 Å². The van der Waals surface area contributed by atoms with Crippen molar-refractivity contribution in [3.05, 3.63) is 46.8 Å². The van der Waals surface area contributed by atoms with E-state index < -0.39 is 6.04 Å². The minimum absolute atomic E-state index is 0.195. The van der Waals surface area contributed by atoms with Crippen molar-refractivity contribution < 1.29 is 18.8 Å². The second-order valence-corrected chi connectivity index (χ2v) is 6.10. The predicted octanol–water partition coefficient (Wildman–Crippen LogP) is 2.51. The molecule has 26 heavy (non-hydrogen) atoms. The van der Waals surface area contributed by atoms with Crippen LogP contribution in [0.4, 0.5) is 0 Å². The third-order valence-corrected chi connectivity index (χ3v) is 3.97. The van der Waals surface area contributed by atoms with E-state index >= 15 is 0 Å². The predicted molar refractivity (Wildman–Crippen MR) is 97.0 cm³/mol. The van der Waals surface area contributed by atoms with E-state index in [4.69, 9.17) is 9.26 Å². The normalized spacial score (nSPS) is 11.7. The summed E-state index contributed by atoms with van der Waals surface area (Å²) in [5.41, 5.74) is 2.18. The summed E-state index contributed by atoms with van der Waals surface area (Å²) in [7, 11) is 0. The first-order valence-corrected chi connectivity index (χ1v) is 8.65. The lowest BCUT2D eigenvalue weighted by Gasteiger charge is -2.14. The molecule has 0 spiro atoms. The van der Waals surface area contributed by atoms with Crippen molar-refractivity contribution in [2.24, 2.45) is 0 Å². The van der Waals surface area contributed by atoms with Crippen LogP contribution in [-0.2, 0) is 11.4 Å². The zero-order valence-corrected chi connectivity index (χ0v) is 15.6. The van der Waals surface area contributed by atoms with Gasteiger partial charge in [-0.05, 0) is 51.5 Å². The second kappa shape index (κ2) is 9.03. The van der Waals surface area contributed by atoms with E-state index in [-0.39, 0.29) is 11.8 Å². The summed E-state index contributed by atoms with van der Waals surface area (Å²) in [6.45, 7) is 8.27. The molecule has 0 radical (unpaired) electrons. The molecule has 2 amide bonds. The van der Waals surface area contributed by atoms with Crippen LogP contribution >= 0.6 is 0 Å². The number of ether oxygens (including phenoxy) is 1. The van der Waals surface area contributed by atoms with E-state index in [0.29, 0.717) is 24.5 Å². The van der Waals surface area contributed by atoms with E-state index in [1.807, 2.05) is 20.8 Å². The van der Waals surface area contributed by atoms with Gasteiger partial charge in [-0.3, -0.25) is 9.59 Å². The third-order valence-electron chi connectivity index (χ3n) is 3.97. The molecule has 1 aromatic heterocycles. The van der Waals surface area contributed by atoms with Gasteiger partial charge in [-0.25, -0.2) is 0 Å². The molecular weight excluding hydrogens is 334 g/mol. The molecule has 1 heterocycles. The molecule has 140 valence electrons. The van der Waals surface area contributed by atoms with E-state index in [2.05, 4.69) is 15.8 Å². The Hall–Kier alpha value is -2.83. The monoisotopic (exact) mass is 359 g/mol. The van der Waals surface area contributed by atoms with Crippen LogP contribution in [0.3, 0.4) is 0 Å². The molecule has 7 nitrogen and oxygen atoms in total. The topological polar surface area (TPSA) is 93.5 Å². The standard InChI is InChI=1S/C19H25N3O4/c1-5-10-20-18(23)13(3)21-19(24)15-6-8-16(9-7-15)25-11-17-12(2)22-26-14(17)4/h6-9,13H,5,10-11H2,1-4H3,(H,20,23)(H,21,24)/t13-/m0/s1. The molecule has 0 bridgehead atoms. The smallest absolute Gasteiger partial charge is 0.251 e. The summed E-state index contributed by atoms with van der Waals surface area (Å²) in [4.78, 5) is 24.0. The number of nitrogens with zero attached hydrogens (tertiary/aromatic N) is 1. The number of aromatic nitrogens is 1. The molecule has 0 aliphatic rings. The van der Waals surface area contributed by atoms with Crippen LogP contribution in [-0.4, -0.2) is 29.6 Å². The maximum Gasteiger partial charge on any atom is 0.251 e. The highest BCUT2D eigenvalue weighted by Crippen LogP contribution is 2.18. The molecule has 2 N–H and O–H groups in total. The van der Waals surface area contributed by atoms with Crippen LogP contribution in [0.15, 0.2) is 28.8 Å². The number of benzene rings is 1. The van der Waals surface area contributed by atoms with E-state index in [1.54, 1.807) is 31.2 Å².